The molecule has 3 saturated carbocycles. The number of alkyl halides is 5. The summed E-state index contributed by atoms with van der Waals surface area (Å²) in [5.74, 6) is -6.44. The van der Waals surface area contributed by atoms with Crippen LogP contribution in [0.5, 0.6) is 0 Å². The molecule has 2 unspecified atom stereocenters. The highest BCUT2D eigenvalue weighted by molar-refractivity contribution is 7.99. The molecule has 246 valence electrons. The lowest BCUT2D eigenvalue weighted by Crippen LogP contribution is -2.65. The normalized spacial score (nSPS) is 38.3. The second kappa shape index (κ2) is 10.7. The number of fused-ring (bicyclic) bond motifs is 4. The smallest absolute Gasteiger partial charge is 0.395 e. The summed E-state index contributed by atoms with van der Waals surface area (Å²) in [4.78, 5) is 1.05. The van der Waals surface area contributed by atoms with E-state index in [0.29, 0.717) is 45.3 Å². The molecule has 5 aliphatic rings. The highest BCUT2D eigenvalue weighted by Crippen LogP contribution is 2.72. The maximum atomic E-state index is 15.3. The minimum Gasteiger partial charge on any atom is -0.395 e. The molecule has 2 N–H and O–H groups in total. The van der Waals surface area contributed by atoms with E-state index in [-0.39, 0.29) is 30.8 Å². The van der Waals surface area contributed by atoms with Gasteiger partial charge in [0.25, 0.3) is 0 Å². The van der Waals surface area contributed by atoms with E-state index in [2.05, 4.69) is 13.8 Å². The van der Waals surface area contributed by atoms with Crippen LogP contribution >= 0.6 is 11.8 Å². The zero-order valence-corrected chi connectivity index (χ0v) is 26.9. The Morgan fingerprint density at radius 3 is 2.20 bits per heavy atom. The lowest BCUT2D eigenvalue weighted by Gasteiger charge is -2.60. The van der Waals surface area contributed by atoms with Crippen molar-refractivity contribution in [3.05, 3.63) is 41.0 Å². The quantitative estimate of drug-likeness (QED) is 0.192. The van der Waals surface area contributed by atoms with Crippen molar-refractivity contribution in [2.24, 2.45) is 28.1 Å². The summed E-state index contributed by atoms with van der Waals surface area (Å²) in [7, 11) is 0. The van der Waals surface area contributed by atoms with E-state index in [9.17, 15) is 23.4 Å². The standard InChI is InChI=1S/C34H45F5O4S/c1-5-44-22-8-6-21(7-9-22)24-16-29(4)25(12-15-32(29,41)33(35,36)34(37,38)39)23-10-13-30(18-40)17-31(14-11-26(30)27(23)24)42-19-28(2,3)20-43-31/h6-9,23-25,40-41H,5,10-20H2,1-4H3/t23?,24-,25?,29+,30+,32+/m1/s1. The Morgan fingerprint density at radius 2 is 1.61 bits per heavy atom. The number of allylic oxidation sites excluding steroid dienone is 1. The van der Waals surface area contributed by atoms with Crippen molar-refractivity contribution < 1.29 is 41.6 Å². The predicted molar refractivity (Wildman–Crippen MR) is 159 cm³/mol. The zero-order valence-electron chi connectivity index (χ0n) is 26.0. The monoisotopic (exact) mass is 644 g/mol. The van der Waals surface area contributed by atoms with E-state index >= 15 is 8.78 Å². The molecule has 0 aromatic heterocycles. The number of ether oxygens (including phenoxy) is 2. The molecule has 1 aromatic rings. The van der Waals surface area contributed by atoms with Crippen molar-refractivity contribution in [2.75, 3.05) is 25.6 Å². The lowest BCUT2D eigenvalue weighted by atomic mass is 9.47. The summed E-state index contributed by atoms with van der Waals surface area (Å²) in [6, 6.07) is 7.88. The topological polar surface area (TPSA) is 58.9 Å². The van der Waals surface area contributed by atoms with Crippen LogP contribution in [0.2, 0.25) is 0 Å². The summed E-state index contributed by atoms with van der Waals surface area (Å²) >= 11 is 1.67. The third kappa shape index (κ3) is 4.74. The fraction of sp³-hybridized carbons (Fsp3) is 0.765. The van der Waals surface area contributed by atoms with Gasteiger partial charge in [0.15, 0.2) is 5.79 Å². The Bertz CT molecular complexity index is 1290. The first-order valence-corrected chi connectivity index (χ1v) is 17.0. The fourth-order valence-corrected chi connectivity index (χ4v) is 10.3. The average Bonchev–Trinajstić information content (AvgIpc) is 3.25. The van der Waals surface area contributed by atoms with Crippen molar-refractivity contribution in [1.29, 1.82) is 0 Å². The predicted octanol–water partition coefficient (Wildman–Crippen LogP) is 8.27. The molecule has 4 nitrogen and oxygen atoms in total. The molecule has 0 bridgehead atoms. The molecule has 6 atom stereocenters. The highest BCUT2D eigenvalue weighted by Gasteiger charge is 2.79. The summed E-state index contributed by atoms with van der Waals surface area (Å²) in [6.07, 6.45) is -3.64. The number of thioether (sulfide) groups is 1. The van der Waals surface area contributed by atoms with Crippen LogP contribution in [-0.4, -0.2) is 59.3 Å². The Hall–Kier alpha value is -1.20. The van der Waals surface area contributed by atoms with Gasteiger partial charge in [0.05, 0.1) is 19.8 Å². The van der Waals surface area contributed by atoms with E-state index in [4.69, 9.17) is 9.47 Å². The summed E-state index contributed by atoms with van der Waals surface area (Å²) in [5, 5.41) is 22.6. The van der Waals surface area contributed by atoms with Gasteiger partial charge < -0.3 is 19.7 Å². The minimum atomic E-state index is -5.86. The first-order chi connectivity index (χ1) is 20.5. The SMILES string of the molecule is CCSc1ccc([C@H]2C[C@@]3(C)C(CC[C@@]3(O)C(F)(F)C(F)(F)F)C3CC[C@@]4(CO)CC5(CCC4=C32)OCC(C)(C)CO5)cc1. The van der Waals surface area contributed by atoms with Gasteiger partial charge in [-0.15, -0.1) is 11.8 Å². The largest absolute Gasteiger partial charge is 0.456 e. The maximum Gasteiger partial charge on any atom is 0.456 e. The number of rotatable bonds is 5. The second-order valence-electron chi connectivity index (χ2n) is 15.1. The third-order valence-electron chi connectivity index (χ3n) is 12.0. The number of halogens is 5. The van der Waals surface area contributed by atoms with Crippen LogP contribution in [0.4, 0.5) is 22.0 Å². The lowest BCUT2D eigenvalue weighted by molar-refractivity contribution is -0.362. The van der Waals surface area contributed by atoms with Gasteiger partial charge in [0.2, 0.25) is 0 Å². The molecule has 1 heterocycles. The molecule has 10 heteroatoms. The molecular formula is C34H45F5O4S. The number of hydrogen-bond acceptors (Lipinski definition) is 5. The van der Waals surface area contributed by atoms with Gasteiger partial charge in [0.1, 0.15) is 5.60 Å². The summed E-state index contributed by atoms with van der Waals surface area (Å²) in [6.45, 7) is 8.65. The second-order valence-corrected chi connectivity index (χ2v) is 16.4. The minimum absolute atomic E-state index is 0.0245. The average molecular weight is 645 g/mol. The summed E-state index contributed by atoms with van der Waals surface area (Å²) in [5.41, 5.74) is -2.60. The van der Waals surface area contributed by atoms with Crippen molar-refractivity contribution in [1.82, 2.24) is 0 Å². The van der Waals surface area contributed by atoms with Gasteiger partial charge in [0, 0.05) is 39.9 Å². The molecule has 6 rings (SSSR count). The molecular weight excluding hydrogens is 599 g/mol. The number of hydrogen-bond donors (Lipinski definition) is 2. The molecule has 0 amide bonds. The van der Waals surface area contributed by atoms with Crippen molar-refractivity contribution >= 4 is 11.8 Å². The third-order valence-corrected chi connectivity index (χ3v) is 12.9. The van der Waals surface area contributed by atoms with Crippen LogP contribution in [0.3, 0.4) is 0 Å². The molecule has 1 spiro atoms. The van der Waals surface area contributed by atoms with Crippen LogP contribution in [0.15, 0.2) is 40.3 Å². The van der Waals surface area contributed by atoms with Crippen LogP contribution in [0, 0.1) is 28.1 Å². The Balaban J connectivity index is 1.47. The van der Waals surface area contributed by atoms with Gasteiger partial charge in [-0.2, -0.15) is 22.0 Å². The van der Waals surface area contributed by atoms with E-state index in [0.717, 1.165) is 27.4 Å². The first kappa shape index (κ1) is 32.7. The van der Waals surface area contributed by atoms with E-state index < -0.39 is 52.6 Å². The van der Waals surface area contributed by atoms with Crippen LogP contribution in [0.1, 0.15) is 90.5 Å². The number of benzene rings is 1. The van der Waals surface area contributed by atoms with Gasteiger partial charge in [-0.1, -0.05) is 51.0 Å². The highest BCUT2D eigenvalue weighted by atomic mass is 32.2. The van der Waals surface area contributed by atoms with Gasteiger partial charge >= 0.3 is 12.1 Å². The molecule has 4 aliphatic carbocycles. The van der Waals surface area contributed by atoms with E-state index in [1.54, 1.807) is 11.8 Å². The zero-order chi connectivity index (χ0) is 32.0. The van der Waals surface area contributed by atoms with Crippen molar-refractivity contribution in [3.8, 4) is 0 Å². The Morgan fingerprint density at radius 1 is 0.955 bits per heavy atom. The molecule has 0 radical (unpaired) electrons. The van der Waals surface area contributed by atoms with E-state index in [1.807, 2.05) is 31.2 Å². The molecule has 1 aliphatic heterocycles. The fourth-order valence-electron chi connectivity index (χ4n) is 9.68. The molecule has 1 aromatic carbocycles. The van der Waals surface area contributed by atoms with Gasteiger partial charge in [-0.25, -0.2) is 0 Å². The molecule has 4 fully saturated rings. The van der Waals surface area contributed by atoms with Crippen LogP contribution in [0.25, 0.3) is 0 Å². The first-order valence-electron chi connectivity index (χ1n) is 16.0. The van der Waals surface area contributed by atoms with Crippen molar-refractivity contribution in [2.45, 2.75) is 113 Å². The molecule has 1 saturated heterocycles. The van der Waals surface area contributed by atoms with E-state index in [1.165, 1.54) is 6.92 Å². The van der Waals surface area contributed by atoms with Gasteiger partial charge in [-0.05, 0) is 73.8 Å². The van der Waals surface area contributed by atoms with Crippen molar-refractivity contribution in [3.63, 3.8) is 0 Å². The maximum absolute atomic E-state index is 15.3. The summed E-state index contributed by atoms with van der Waals surface area (Å²) < 4.78 is 85.1. The van der Waals surface area contributed by atoms with Crippen LogP contribution < -0.4 is 0 Å². The number of aliphatic hydroxyl groups excluding tert-OH is 1. The molecule has 44 heavy (non-hydrogen) atoms. The van der Waals surface area contributed by atoms with Gasteiger partial charge in [-0.3, -0.25) is 0 Å². The number of aliphatic hydroxyl groups is 2. The van der Waals surface area contributed by atoms with Crippen LogP contribution in [-0.2, 0) is 9.47 Å². The Labute approximate surface area is 261 Å². The Kier molecular flexibility index (Phi) is 7.93.